The number of nitrogens with one attached hydrogen (secondary N) is 1. The molecule has 1 fully saturated rings. The maximum atomic E-state index is 13.4. The van der Waals surface area contributed by atoms with E-state index in [0.717, 1.165) is 56.1 Å². The van der Waals surface area contributed by atoms with Gasteiger partial charge in [0.1, 0.15) is 0 Å². The van der Waals surface area contributed by atoms with Crippen LogP contribution in [0, 0.1) is 17.8 Å². The van der Waals surface area contributed by atoms with Crippen molar-refractivity contribution in [2.45, 2.75) is 32.1 Å². The van der Waals surface area contributed by atoms with Crippen LogP contribution in [0.4, 0.5) is 8.78 Å². The highest BCUT2D eigenvalue weighted by atomic mass is 32.1. The Morgan fingerprint density at radius 3 is 2.70 bits per heavy atom. The quantitative estimate of drug-likeness (QED) is 0.384. The molecule has 0 aliphatic carbocycles. The minimum absolute atomic E-state index is 0.0652. The number of halogens is 2. The van der Waals surface area contributed by atoms with Gasteiger partial charge in [0.25, 0.3) is 5.91 Å². The monoisotopic (exact) mass is 433 g/mol. The van der Waals surface area contributed by atoms with Gasteiger partial charge in [-0.1, -0.05) is 18.9 Å². The lowest BCUT2D eigenvalue weighted by molar-refractivity contribution is -0.116. The summed E-state index contributed by atoms with van der Waals surface area (Å²) in [5, 5.41) is 4.69. The van der Waals surface area contributed by atoms with Crippen molar-refractivity contribution in [1.82, 2.24) is 15.2 Å². The van der Waals surface area contributed by atoms with E-state index in [0.29, 0.717) is 12.5 Å². The van der Waals surface area contributed by atoms with Crippen molar-refractivity contribution in [2.24, 2.45) is 5.92 Å². The Labute approximate surface area is 178 Å². The number of hydrogen-bond acceptors (Lipinski definition) is 4. The van der Waals surface area contributed by atoms with E-state index in [1.54, 1.807) is 0 Å². The molecule has 2 aromatic rings. The number of unbranched alkanes of at least 4 members (excludes halogenated alkanes) is 1. The maximum absolute atomic E-state index is 13.4. The van der Waals surface area contributed by atoms with Crippen LogP contribution in [0.25, 0.3) is 6.08 Å². The number of piperidine rings is 1. The van der Waals surface area contributed by atoms with Gasteiger partial charge >= 0.3 is 0 Å². The molecule has 1 aliphatic rings. The Bertz CT molecular complexity index is 879. The summed E-state index contributed by atoms with van der Waals surface area (Å²) in [7, 11) is 0. The van der Waals surface area contributed by atoms with Gasteiger partial charge in [-0.25, -0.2) is 0 Å². The summed E-state index contributed by atoms with van der Waals surface area (Å²) in [4.78, 5) is 30.0. The summed E-state index contributed by atoms with van der Waals surface area (Å²) >= 11 is 1.48. The highest BCUT2D eigenvalue weighted by Crippen LogP contribution is 2.24. The molecule has 0 spiro atoms. The van der Waals surface area contributed by atoms with Gasteiger partial charge in [0.2, 0.25) is 17.8 Å². The van der Waals surface area contributed by atoms with E-state index in [1.165, 1.54) is 29.6 Å². The first kappa shape index (κ1) is 22.1. The minimum Gasteiger partial charge on any atom is -0.353 e. The second-order valence-corrected chi connectivity index (χ2v) is 8.29. The number of pyridine rings is 1. The second-order valence-electron chi connectivity index (χ2n) is 7.35. The fraction of sp³-hybridized carbons (Fsp3) is 0.409. The van der Waals surface area contributed by atoms with Gasteiger partial charge in [0.15, 0.2) is 0 Å². The summed E-state index contributed by atoms with van der Waals surface area (Å²) in [6, 6.07) is 6.05. The van der Waals surface area contributed by atoms with Crippen molar-refractivity contribution in [3.05, 3.63) is 58.1 Å². The van der Waals surface area contributed by atoms with Gasteiger partial charge in [-0.05, 0) is 54.8 Å². The Morgan fingerprint density at radius 1 is 1.20 bits per heavy atom. The summed E-state index contributed by atoms with van der Waals surface area (Å²) in [6.07, 6.45) is 7.48. The Kier molecular flexibility index (Phi) is 8.07. The van der Waals surface area contributed by atoms with E-state index in [1.807, 2.05) is 22.4 Å². The predicted molar refractivity (Wildman–Crippen MR) is 113 cm³/mol. The molecule has 2 amide bonds. The number of carbonyl (C=O) groups excluding carboxylic acids is 2. The van der Waals surface area contributed by atoms with E-state index >= 15 is 0 Å². The van der Waals surface area contributed by atoms with E-state index in [2.05, 4.69) is 10.3 Å². The average molecular weight is 434 g/mol. The molecule has 1 aliphatic heterocycles. The molecule has 0 aromatic carbocycles. The van der Waals surface area contributed by atoms with Gasteiger partial charge in [-0.3, -0.25) is 9.59 Å². The number of rotatable bonds is 8. The van der Waals surface area contributed by atoms with Crippen LogP contribution in [0.1, 0.15) is 47.3 Å². The van der Waals surface area contributed by atoms with Crippen LogP contribution in [-0.4, -0.2) is 41.3 Å². The molecule has 3 rings (SSSR count). The smallest absolute Gasteiger partial charge is 0.263 e. The van der Waals surface area contributed by atoms with Crippen LogP contribution in [0.15, 0.2) is 35.7 Å². The standard InChI is InChI=1S/C22H25F2N3O2S/c23-19-8-6-17(21(24)26-19)7-9-20(28)25-12-2-1-4-16-10-13-27(14-11-16)22(29)18-5-3-15-30-18/h3,5-9,15-16H,1-2,4,10-14H2,(H,25,28)/b9-7+. The first-order chi connectivity index (χ1) is 14.5. The zero-order valence-electron chi connectivity index (χ0n) is 16.7. The van der Waals surface area contributed by atoms with Gasteiger partial charge in [-0.2, -0.15) is 13.8 Å². The Morgan fingerprint density at radius 2 is 2.00 bits per heavy atom. The van der Waals surface area contributed by atoms with E-state index in [-0.39, 0.29) is 17.4 Å². The molecule has 2 aromatic heterocycles. The van der Waals surface area contributed by atoms with E-state index < -0.39 is 11.9 Å². The average Bonchev–Trinajstić information content (AvgIpc) is 3.28. The molecule has 0 unspecified atom stereocenters. The first-order valence-electron chi connectivity index (χ1n) is 10.1. The molecule has 1 saturated heterocycles. The van der Waals surface area contributed by atoms with Crippen molar-refractivity contribution in [1.29, 1.82) is 0 Å². The largest absolute Gasteiger partial charge is 0.353 e. The van der Waals surface area contributed by atoms with Crippen LogP contribution in [0.3, 0.4) is 0 Å². The first-order valence-corrected chi connectivity index (χ1v) is 11.0. The van der Waals surface area contributed by atoms with Gasteiger partial charge in [0.05, 0.1) is 4.88 Å². The summed E-state index contributed by atoms with van der Waals surface area (Å²) in [5.74, 6) is -1.41. The SMILES string of the molecule is O=C(/C=C/c1ccc(F)nc1F)NCCCCC1CCN(C(=O)c2cccs2)CC1. The normalized spacial score (nSPS) is 14.9. The molecule has 0 bridgehead atoms. The number of hydrogen-bond donors (Lipinski definition) is 1. The molecule has 8 heteroatoms. The van der Waals surface area contributed by atoms with Crippen LogP contribution in [0.5, 0.6) is 0 Å². The molecule has 3 heterocycles. The minimum atomic E-state index is -0.942. The summed E-state index contributed by atoms with van der Waals surface area (Å²) in [5.41, 5.74) is 0.0652. The fourth-order valence-corrected chi connectivity index (χ4v) is 4.21. The molecule has 0 saturated carbocycles. The van der Waals surface area contributed by atoms with Crippen LogP contribution >= 0.6 is 11.3 Å². The second kappa shape index (κ2) is 11.0. The third-order valence-corrected chi connectivity index (χ3v) is 6.09. The molecule has 1 N–H and O–H groups in total. The number of thiophene rings is 1. The lowest BCUT2D eigenvalue weighted by Gasteiger charge is -2.31. The fourth-order valence-electron chi connectivity index (χ4n) is 3.52. The Balaban J connectivity index is 1.28. The topological polar surface area (TPSA) is 62.3 Å². The molecular formula is C22H25F2N3O2S. The van der Waals surface area contributed by atoms with Crippen molar-refractivity contribution < 1.29 is 18.4 Å². The van der Waals surface area contributed by atoms with Gasteiger partial charge in [-0.15, -0.1) is 11.3 Å². The molecule has 0 radical (unpaired) electrons. The third-order valence-electron chi connectivity index (χ3n) is 5.23. The van der Waals surface area contributed by atoms with Crippen LogP contribution in [-0.2, 0) is 4.79 Å². The van der Waals surface area contributed by atoms with Crippen molar-refractivity contribution in [3.8, 4) is 0 Å². The number of likely N-dealkylation sites (tertiary alicyclic amines) is 1. The molecule has 5 nitrogen and oxygen atoms in total. The van der Waals surface area contributed by atoms with Crippen molar-refractivity contribution >= 4 is 29.2 Å². The number of aromatic nitrogens is 1. The van der Waals surface area contributed by atoms with Gasteiger partial charge < -0.3 is 10.2 Å². The van der Waals surface area contributed by atoms with Crippen molar-refractivity contribution in [3.63, 3.8) is 0 Å². The number of carbonyl (C=O) groups is 2. The Hall–Kier alpha value is -2.61. The predicted octanol–water partition coefficient (Wildman–Crippen LogP) is 4.27. The van der Waals surface area contributed by atoms with E-state index in [9.17, 15) is 18.4 Å². The number of nitrogens with zero attached hydrogens (tertiary/aromatic N) is 2. The highest BCUT2D eigenvalue weighted by Gasteiger charge is 2.23. The van der Waals surface area contributed by atoms with Crippen LogP contribution in [0.2, 0.25) is 0 Å². The van der Waals surface area contributed by atoms with Crippen LogP contribution < -0.4 is 5.32 Å². The molecule has 160 valence electrons. The maximum Gasteiger partial charge on any atom is 0.263 e. The zero-order chi connectivity index (χ0) is 21.3. The lowest BCUT2D eigenvalue weighted by Crippen LogP contribution is -2.38. The van der Waals surface area contributed by atoms with E-state index in [4.69, 9.17) is 0 Å². The summed E-state index contributed by atoms with van der Waals surface area (Å²) < 4.78 is 26.2. The molecular weight excluding hydrogens is 408 g/mol. The third kappa shape index (κ3) is 6.45. The molecule has 0 atom stereocenters. The summed E-state index contributed by atoms with van der Waals surface area (Å²) in [6.45, 7) is 2.15. The number of amides is 2. The zero-order valence-corrected chi connectivity index (χ0v) is 17.5. The highest BCUT2D eigenvalue weighted by molar-refractivity contribution is 7.12. The molecule has 30 heavy (non-hydrogen) atoms. The van der Waals surface area contributed by atoms with Crippen molar-refractivity contribution in [2.75, 3.05) is 19.6 Å². The van der Waals surface area contributed by atoms with Gasteiger partial charge in [0, 0.05) is 31.3 Å². The lowest BCUT2D eigenvalue weighted by atomic mass is 9.91.